The van der Waals surface area contributed by atoms with E-state index in [4.69, 9.17) is 80.0 Å². The summed E-state index contributed by atoms with van der Waals surface area (Å²) in [5, 5.41) is 258. The topological polar surface area (TPSA) is 656 Å². The molecule has 31 rings (SSSR count). The van der Waals surface area contributed by atoms with Crippen molar-refractivity contribution in [3.05, 3.63) is 29.8 Å². The van der Waals surface area contributed by atoms with Crippen LogP contribution in [-0.2, 0) is 90.1 Å². The first-order valence-corrected chi connectivity index (χ1v) is 32.5. The molecule has 42 nitrogen and oxygen atoms in total. The molecule has 30 fully saturated rings. The number of aryl methyl sites for hydroxylation is 1. The van der Waals surface area contributed by atoms with Gasteiger partial charge in [-0.25, -0.2) is 0 Å². The van der Waals surface area contributed by atoms with E-state index in [-0.39, 0.29) is 0 Å². The van der Waals surface area contributed by atoms with Crippen LogP contribution < -0.4 is 0 Å². The number of aliphatic hydroxyl groups excluding tert-OH is 23. The van der Waals surface area contributed by atoms with E-state index in [9.17, 15) is 126 Å². The molecule has 24 unspecified atom stereocenters. The van der Waals surface area contributed by atoms with E-state index in [1.54, 1.807) is 6.92 Å². The van der Waals surface area contributed by atoms with E-state index >= 15 is 0 Å². The van der Waals surface area contributed by atoms with Crippen molar-refractivity contribution in [3.63, 3.8) is 0 Å². The minimum Gasteiger partial charge on any atom is -0.394 e. The van der Waals surface area contributed by atoms with E-state index in [0.29, 0.717) is 5.56 Å². The fourth-order valence-corrected chi connectivity index (χ4v) is 14.0. The van der Waals surface area contributed by atoms with Crippen molar-refractivity contribution >= 4 is 10.1 Å². The van der Waals surface area contributed by atoms with Gasteiger partial charge in [-0.15, -0.1) is 0 Å². The molecule has 30 saturated heterocycles. The van der Waals surface area contributed by atoms with Crippen LogP contribution in [0.15, 0.2) is 29.2 Å². The van der Waals surface area contributed by atoms with Crippen LogP contribution in [0.2, 0.25) is 0 Å². The average Bonchev–Trinajstić information content (AvgIpc) is 0.773. The van der Waals surface area contributed by atoms with Crippen molar-refractivity contribution < 1.29 is 206 Å². The van der Waals surface area contributed by atoms with Crippen molar-refractivity contribution in [2.24, 2.45) is 0 Å². The Morgan fingerprint density at radius 2 is 0.439 bits per heavy atom. The predicted octanol–water partition coefficient (Wildman–Crippen LogP) is -15.7. The van der Waals surface area contributed by atoms with Crippen molar-refractivity contribution in [1.29, 1.82) is 0 Å². The lowest BCUT2D eigenvalue weighted by Gasteiger charge is -2.50. The van der Waals surface area contributed by atoms with Gasteiger partial charge in [-0.05, 0) is 19.1 Å². The van der Waals surface area contributed by atoms with Crippen molar-refractivity contribution in [1.82, 2.24) is 0 Å². The second-order valence-electron chi connectivity index (χ2n) is 24.8. The maximum atomic E-state index is 14.0. The number of benzene rings is 1. The number of rotatable bonds is 11. The summed E-state index contributed by atoms with van der Waals surface area (Å²) in [6, 6.07) is 4.96. The molecule has 564 valence electrons. The molecular formula is C55H86O42S. The maximum Gasteiger partial charge on any atom is 0.297 e. The molecule has 23 N–H and O–H groups in total. The lowest BCUT2D eigenvalue weighted by Crippen LogP contribution is -2.69. The summed E-state index contributed by atoms with van der Waals surface area (Å²) in [6.45, 7) is -7.46. The Balaban J connectivity index is 0.950. The minimum atomic E-state index is -5.07. The second kappa shape index (κ2) is 32.9. The molecule has 30 heterocycles. The Hall–Kier alpha value is -2.43. The number of hydrogen-bond donors (Lipinski definition) is 23. The number of aliphatic hydroxyl groups is 23. The fraction of sp³-hybridized carbons (Fsp3) is 0.891. The van der Waals surface area contributed by atoms with Crippen molar-refractivity contribution in [2.45, 2.75) is 257 Å². The van der Waals surface area contributed by atoms with Gasteiger partial charge in [0.2, 0.25) is 0 Å². The number of hydrogen-bond acceptors (Lipinski definition) is 42. The van der Waals surface area contributed by atoms with Crippen LogP contribution in [0, 0.1) is 6.92 Å². The Bertz CT molecular complexity index is 2760. The highest BCUT2D eigenvalue weighted by Gasteiger charge is 2.61. The second-order valence-corrected chi connectivity index (χ2v) is 26.4. The first-order chi connectivity index (χ1) is 46.6. The quantitative estimate of drug-likeness (QED) is 0.0915. The zero-order valence-corrected chi connectivity index (χ0v) is 52.3. The molecule has 0 saturated carbocycles. The van der Waals surface area contributed by atoms with Crippen LogP contribution in [0.1, 0.15) is 5.56 Å². The highest BCUT2D eigenvalue weighted by atomic mass is 32.2. The average molecular weight is 1450 g/mol. The third-order valence-electron chi connectivity index (χ3n) is 18.4. The SMILES string of the molecule is Cc1ccc(S(=O)(=O)OC2C(O)[C@H]3O[C@@H]4OC(CO)[C@H](O[C@@H]5OC(CO)[C@H](O[C@@H]6OC(CO)[C@H](O[C@@H]7OC(CO)[C@@H](O[C@@H]8OC(CO)[C@@H](O[C@@H]9OC(CO)[C@@H](O[C@@H]%10OC(CO)[C@@H](O[C@H]2OC3CO)C(O)C%10O)C(O)C9O)C(O)C8O)C(O)C7O)C(O)C6O)C(O)C5O)C(O)C4O)cc1. The smallest absolute Gasteiger partial charge is 0.297 e. The molecule has 98 heavy (non-hydrogen) atoms. The molecule has 0 radical (unpaired) electrons. The van der Waals surface area contributed by atoms with Gasteiger partial charge in [0.25, 0.3) is 10.1 Å². The number of ether oxygens (including phenoxy) is 16. The van der Waals surface area contributed by atoms with Gasteiger partial charge in [-0.3, -0.25) is 4.18 Å². The standard InChI is InChI=1S/C55H86O42S/c1-14-2-4-15(5-3-14)98(79,80)97-47-38(78)46-23(13-63)88-55(47)96-45-22(12-62)87-53(37(77)30(45)70)94-43-20(10-60)85-51(35(75)28(43)68)92-41-18(8-58)83-49(33(73)26(41)66)90-39-16(6-56)81-48(31(71)24(39)64)89-40-17(7-57)82-50(32(72)25(40)65)91-42-19(9-59)84-52(34(74)27(42)67)93-44-21(11-61)86-54(95-46)36(76)29(44)69/h2-5,16-78H,6-13H2,1H3/t16?,17?,18?,19?,20?,21?,22?,23?,24?,25?,26?,27?,28?,29?,30?,31?,32?,33?,34?,35?,36?,37?,38?,39-,40+,41-,42+,43-,44+,45-,46+,47?,48+,49+,50+,51+,52+,53+,54+,55-/m1/s1. The van der Waals surface area contributed by atoms with Crippen LogP contribution in [0.5, 0.6) is 0 Å². The van der Waals surface area contributed by atoms with Crippen LogP contribution in [0.25, 0.3) is 0 Å². The minimum absolute atomic E-state index is 0.529. The van der Waals surface area contributed by atoms with E-state index in [0.717, 1.165) is 12.1 Å². The molecular weight excluding hydrogens is 1360 g/mol. The summed E-state index contributed by atoms with van der Waals surface area (Å²) in [5.41, 5.74) is 0.580. The van der Waals surface area contributed by atoms with Crippen molar-refractivity contribution in [3.8, 4) is 0 Å². The van der Waals surface area contributed by atoms with Gasteiger partial charge >= 0.3 is 0 Å². The lowest BCUT2D eigenvalue weighted by molar-refractivity contribution is -0.403. The molecule has 0 aromatic heterocycles. The molecule has 43 heteroatoms. The van der Waals surface area contributed by atoms with Gasteiger partial charge in [0.1, 0.15) is 189 Å². The summed E-state index contributed by atoms with van der Waals surface area (Å²) in [4.78, 5) is -0.529. The summed E-state index contributed by atoms with van der Waals surface area (Å²) in [6.07, 6.45) is -85.2. The van der Waals surface area contributed by atoms with E-state index in [1.165, 1.54) is 12.1 Å². The van der Waals surface area contributed by atoms with Crippen LogP contribution >= 0.6 is 0 Å². The molecule has 0 spiro atoms. The lowest BCUT2D eigenvalue weighted by atomic mass is 9.94. The molecule has 1 aromatic carbocycles. The van der Waals surface area contributed by atoms with Gasteiger partial charge in [-0.1, -0.05) is 17.7 Å². The van der Waals surface area contributed by atoms with Crippen LogP contribution in [0.4, 0.5) is 0 Å². The Kier molecular flexibility index (Phi) is 26.3. The van der Waals surface area contributed by atoms with Gasteiger partial charge in [0.15, 0.2) is 56.4 Å². The Labute approximate surface area is 554 Å². The van der Waals surface area contributed by atoms with E-state index in [2.05, 4.69) is 0 Å². The predicted molar refractivity (Wildman–Crippen MR) is 298 cm³/mol. The molecule has 40 atom stereocenters. The fourth-order valence-electron chi connectivity index (χ4n) is 12.9. The normalized spacial score (nSPS) is 51.1. The zero-order valence-electron chi connectivity index (χ0n) is 51.5. The van der Waals surface area contributed by atoms with Gasteiger partial charge in [0.05, 0.1) is 57.8 Å². The maximum absolute atomic E-state index is 14.0. The largest absolute Gasteiger partial charge is 0.394 e. The monoisotopic (exact) mass is 1450 g/mol. The van der Waals surface area contributed by atoms with Crippen molar-refractivity contribution in [2.75, 3.05) is 52.9 Å². The highest BCUT2D eigenvalue weighted by molar-refractivity contribution is 7.86. The third kappa shape index (κ3) is 15.6. The summed E-state index contributed by atoms with van der Waals surface area (Å²) in [7, 11) is -5.07. The third-order valence-corrected chi connectivity index (χ3v) is 19.7. The van der Waals surface area contributed by atoms with Gasteiger partial charge in [0, 0.05) is 0 Å². The molecule has 0 amide bonds. The van der Waals surface area contributed by atoms with E-state index < -0.39 is 314 Å². The Morgan fingerprint density at radius 1 is 0.265 bits per heavy atom. The first kappa shape index (κ1) is 78.2. The summed E-state index contributed by atoms with van der Waals surface area (Å²) in [5.74, 6) is 0. The van der Waals surface area contributed by atoms with Crippen LogP contribution in [-0.4, -0.2) is 424 Å². The summed E-state index contributed by atoms with van der Waals surface area (Å²) >= 11 is 0. The van der Waals surface area contributed by atoms with Gasteiger partial charge < -0.3 is 193 Å². The molecule has 16 bridgehead atoms. The molecule has 0 aliphatic carbocycles. The molecule has 30 aliphatic heterocycles. The Morgan fingerprint density at radius 3 is 0.633 bits per heavy atom. The zero-order chi connectivity index (χ0) is 71.3. The molecule has 1 aromatic rings. The van der Waals surface area contributed by atoms with Gasteiger partial charge in [-0.2, -0.15) is 8.42 Å². The van der Waals surface area contributed by atoms with E-state index in [1.807, 2.05) is 0 Å². The highest BCUT2D eigenvalue weighted by Crippen LogP contribution is 2.41. The summed E-state index contributed by atoms with van der Waals surface area (Å²) < 4.78 is 126. The molecule has 30 aliphatic rings. The van der Waals surface area contributed by atoms with Crippen LogP contribution in [0.3, 0.4) is 0 Å². The first-order valence-electron chi connectivity index (χ1n) is 31.1.